The molecule has 0 saturated carbocycles. The van der Waals surface area contributed by atoms with E-state index in [0.717, 1.165) is 46.5 Å². The molecule has 0 fully saturated rings. The summed E-state index contributed by atoms with van der Waals surface area (Å²) < 4.78 is 52.0. The van der Waals surface area contributed by atoms with E-state index in [1.807, 2.05) is 0 Å². The molecule has 0 aliphatic carbocycles. The van der Waals surface area contributed by atoms with Crippen LogP contribution in [0.25, 0.3) is 22.5 Å². The fourth-order valence-corrected chi connectivity index (χ4v) is 5.18. The highest BCUT2D eigenvalue weighted by atomic mass is 19.4. The number of anilines is 2. The maximum Gasteiger partial charge on any atom is 0.416 e. The summed E-state index contributed by atoms with van der Waals surface area (Å²) in [6.45, 7) is 3.95. The minimum Gasteiger partial charge on any atom is -0.463 e. The summed E-state index contributed by atoms with van der Waals surface area (Å²) in [5.74, 6) is -1.60. The zero-order valence-corrected chi connectivity index (χ0v) is 26.0. The molecular weight excluding hydrogens is 633 g/mol. The fourth-order valence-electron chi connectivity index (χ4n) is 5.18. The van der Waals surface area contributed by atoms with Crippen LogP contribution in [0.3, 0.4) is 0 Å². The third kappa shape index (κ3) is 7.52. The smallest absolute Gasteiger partial charge is 0.416 e. The highest BCUT2D eigenvalue weighted by molar-refractivity contribution is 6.04. The van der Waals surface area contributed by atoms with Crippen molar-refractivity contribution in [1.82, 2.24) is 19.2 Å². The number of carbonyl (C=O) groups excluding carboxylic acids is 3. The summed E-state index contributed by atoms with van der Waals surface area (Å²) in [5, 5.41) is 9.79. The highest BCUT2D eigenvalue weighted by Gasteiger charge is 2.30. The maximum absolute atomic E-state index is 14.2. The number of amides is 2. The second-order valence-corrected chi connectivity index (χ2v) is 10.5. The van der Waals surface area contributed by atoms with E-state index in [9.17, 15) is 32.3 Å². The Bertz CT molecular complexity index is 1980. The van der Waals surface area contributed by atoms with E-state index in [1.54, 1.807) is 44.2 Å². The molecule has 250 valence electrons. The van der Waals surface area contributed by atoms with E-state index in [-0.39, 0.29) is 48.1 Å². The summed E-state index contributed by atoms with van der Waals surface area (Å²) >= 11 is 0. The molecule has 2 amide bonds. The molecule has 0 spiro atoms. The number of rotatable bonds is 10. The van der Waals surface area contributed by atoms with Crippen molar-refractivity contribution < 1.29 is 37.0 Å². The Morgan fingerprint density at radius 1 is 1.04 bits per heavy atom. The molecule has 15 heteroatoms. The van der Waals surface area contributed by atoms with Gasteiger partial charge in [0.15, 0.2) is 5.82 Å². The van der Waals surface area contributed by atoms with Crippen LogP contribution in [-0.2, 0) is 43.0 Å². The van der Waals surface area contributed by atoms with Gasteiger partial charge in [0.1, 0.15) is 6.54 Å². The van der Waals surface area contributed by atoms with Crippen molar-refractivity contribution >= 4 is 40.5 Å². The number of benzene rings is 2. The van der Waals surface area contributed by atoms with E-state index in [4.69, 9.17) is 9.47 Å². The normalized spacial score (nSPS) is 13.4. The van der Waals surface area contributed by atoms with Gasteiger partial charge in [-0.3, -0.25) is 14.4 Å². The summed E-state index contributed by atoms with van der Waals surface area (Å²) in [5.41, 5.74) is 0.563. The van der Waals surface area contributed by atoms with Crippen LogP contribution in [0.4, 0.5) is 24.5 Å². The number of fused-ring (bicyclic) bond motifs is 1. The first kappa shape index (κ1) is 33.8. The monoisotopic (exact) mass is 664 g/mol. The molecule has 3 heterocycles. The summed E-state index contributed by atoms with van der Waals surface area (Å²) in [6, 6.07) is 10.5. The molecule has 0 atom stereocenters. The zero-order valence-electron chi connectivity index (χ0n) is 26.0. The van der Waals surface area contributed by atoms with Crippen LogP contribution in [0, 0.1) is 0 Å². The van der Waals surface area contributed by atoms with Crippen LogP contribution in [-0.4, -0.2) is 56.8 Å². The van der Waals surface area contributed by atoms with Crippen molar-refractivity contribution in [3.63, 3.8) is 0 Å². The van der Waals surface area contributed by atoms with Crippen LogP contribution in [0.2, 0.25) is 0 Å². The van der Waals surface area contributed by atoms with Crippen LogP contribution in [0.1, 0.15) is 37.4 Å². The Labute approximate surface area is 271 Å². The van der Waals surface area contributed by atoms with Crippen molar-refractivity contribution in [1.29, 1.82) is 0 Å². The van der Waals surface area contributed by atoms with Crippen LogP contribution < -0.4 is 16.2 Å². The molecule has 1 aliphatic rings. The predicted octanol–water partition coefficient (Wildman–Crippen LogP) is 4.64. The van der Waals surface area contributed by atoms with Gasteiger partial charge in [0.2, 0.25) is 17.6 Å². The topological polar surface area (TPSA) is 146 Å². The molecule has 0 radical (unpaired) electrons. The van der Waals surface area contributed by atoms with Gasteiger partial charge in [0.25, 0.3) is 5.56 Å². The van der Waals surface area contributed by atoms with E-state index in [1.165, 1.54) is 4.57 Å². The standard InChI is InChI=1S/C33H31F3N6O6/c1-3-25-29(23-7-5-6-8-24(23)38-26(43)13-14-28(45)48-4-2)31(46)42-32(39-30(40-42)20-15-17-47-18-16-20)41(25)19-27(44)37-22-11-9-21(10-12-22)33(34,35)36/h5-15H,3-4,16-19H2,1-2H3,(H,37,44)(H,38,43)/b14-13+. The van der Waals surface area contributed by atoms with Gasteiger partial charge in [0.05, 0.1) is 30.9 Å². The Kier molecular flexibility index (Phi) is 10.2. The number of hydrogen-bond acceptors (Lipinski definition) is 8. The van der Waals surface area contributed by atoms with Crippen LogP contribution in [0.15, 0.2) is 71.6 Å². The number of carbonyl (C=O) groups is 3. The number of esters is 1. The average Bonchev–Trinajstić information content (AvgIpc) is 3.52. The van der Waals surface area contributed by atoms with E-state index in [0.29, 0.717) is 30.9 Å². The Morgan fingerprint density at radius 2 is 1.79 bits per heavy atom. The lowest BCUT2D eigenvalue weighted by molar-refractivity contribution is -0.138. The van der Waals surface area contributed by atoms with E-state index in [2.05, 4.69) is 20.7 Å². The van der Waals surface area contributed by atoms with Crippen LogP contribution >= 0.6 is 0 Å². The van der Waals surface area contributed by atoms with Crippen molar-refractivity contribution in [3.05, 3.63) is 94.2 Å². The van der Waals surface area contributed by atoms with Gasteiger partial charge in [-0.25, -0.2) is 4.79 Å². The summed E-state index contributed by atoms with van der Waals surface area (Å²) in [4.78, 5) is 56.7. The van der Waals surface area contributed by atoms with E-state index >= 15 is 0 Å². The van der Waals surface area contributed by atoms with Gasteiger partial charge in [0, 0.05) is 34.8 Å². The number of nitrogens with one attached hydrogen (secondary N) is 2. The molecule has 0 saturated heterocycles. The number of alkyl halides is 3. The largest absolute Gasteiger partial charge is 0.463 e. The highest BCUT2D eigenvalue weighted by Crippen LogP contribution is 2.31. The van der Waals surface area contributed by atoms with Crippen LogP contribution in [0.5, 0.6) is 0 Å². The van der Waals surface area contributed by atoms with Gasteiger partial charge in [-0.15, -0.1) is 5.10 Å². The number of hydrogen-bond donors (Lipinski definition) is 2. The molecule has 2 N–H and O–H groups in total. The molecule has 12 nitrogen and oxygen atoms in total. The number of para-hydroxylation sites is 1. The Morgan fingerprint density at radius 3 is 2.46 bits per heavy atom. The summed E-state index contributed by atoms with van der Waals surface area (Å²) in [7, 11) is 0. The summed E-state index contributed by atoms with van der Waals surface area (Å²) in [6.07, 6.45) is -0.00197. The van der Waals surface area contributed by atoms with E-state index < -0.39 is 35.1 Å². The molecule has 4 aromatic rings. The minimum absolute atomic E-state index is 0.0736. The lowest BCUT2D eigenvalue weighted by Crippen LogP contribution is -2.29. The first-order chi connectivity index (χ1) is 23.0. The molecule has 1 aliphatic heterocycles. The Hall–Kier alpha value is -5.57. The first-order valence-electron chi connectivity index (χ1n) is 15.0. The SMILES string of the molecule is CCOC(=O)/C=C/C(=O)Nc1ccccc1-c1c(CC)n(CC(=O)Nc2ccc(C(F)(F)F)cc2)c2nc(C3=CCOCC3)nn2c1=O. The number of aromatic nitrogens is 4. The maximum atomic E-state index is 14.2. The molecule has 5 rings (SSSR count). The number of ether oxygens (including phenoxy) is 2. The van der Waals surface area contributed by atoms with Gasteiger partial charge in [-0.1, -0.05) is 31.2 Å². The minimum atomic E-state index is -4.53. The third-order valence-electron chi connectivity index (χ3n) is 7.35. The quantitative estimate of drug-likeness (QED) is 0.184. The predicted molar refractivity (Wildman–Crippen MR) is 170 cm³/mol. The molecule has 2 aromatic heterocycles. The zero-order chi connectivity index (χ0) is 34.4. The molecule has 2 aromatic carbocycles. The second-order valence-electron chi connectivity index (χ2n) is 10.5. The third-order valence-corrected chi connectivity index (χ3v) is 7.35. The van der Waals surface area contributed by atoms with Gasteiger partial charge >= 0.3 is 12.1 Å². The van der Waals surface area contributed by atoms with Gasteiger partial charge in [-0.05, 0) is 55.7 Å². The molecule has 0 bridgehead atoms. The van der Waals surface area contributed by atoms with Gasteiger partial charge in [-0.2, -0.15) is 22.7 Å². The second kappa shape index (κ2) is 14.5. The number of nitrogens with zero attached hydrogens (tertiary/aromatic N) is 4. The lowest BCUT2D eigenvalue weighted by atomic mass is 10.0. The van der Waals surface area contributed by atoms with Crippen molar-refractivity contribution in [2.75, 3.05) is 30.5 Å². The lowest BCUT2D eigenvalue weighted by Gasteiger charge is -2.19. The Balaban J connectivity index is 1.60. The molecular formula is C33H31F3N6O6. The number of halogens is 3. The van der Waals surface area contributed by atoms with Crippen molar-refractivity contribution in [2.45, 2.75) is 39.4 Å². The van der Waals surface area contributed by atoms with Crippen molar-refractivity contribution in [3.8, 4) is 11.1 Å². The fraction of sp³-hybridized carbons (Fsp3) is 0.273. The first-order valence-corrected chi connectivity index (χ1v) is 15.0. The molecule has 48 heavy (non-hydrogen) atoms. The van der Waals surface area contributed by atoms with Gasteiger partial charge < -0.3 is 24.7 Å². The average molecular weight is 665 g/mol. The molecule has 0 unspecified atom stereocenters. The van der Waals surface area contributed by atoms with Crippen molar-refractivity contribution in [2.24, 2.45) is 0 Å².